The van der Waals surface area contributed by atoms with E-state index in [0.29, 0.717) is 18.9 Å². The molecule has 1 fully saturated rings. The number of nitrogens with zero attached hydrogens (tertiary/aromatic N) is 1. The largest absolute Gasteiger partial charge is 0.489 e. The van der Waals surface area contributed by atoms with Crippen LogP contribution in [-0.2, 0) is 9.53 Å². The number of hydrogen-bond acceptors (Lipinski definition) is 4. The Labute approximate surface area is 190 Å². The molecule has 0 bridgehead atoms. The molecule has 0 heterocycles. The summed E-state index contributed by atoms with van der Waals surface area (Å²) in [6, 6.07) is 6.39. The number of rotatable bonds is 8. The van der Waals surface area contributed by atoms with Crippen molar-refractivity contribution in [2.45, 2.75) is 58.6 Å². The fourth-order valence-corrected chi connectivity index (χ4v) is 3.28. The summed E-state index contributed by atoms with van der Waals surface area (Å²) in [6.45, 7) is 7.39. The smallest absolute Gasteiger partial charge is 0.308 e. The molecule has 0 saturated heterocycles. The summed E-state index contributed by atoms with van der Waals surface area (Å²) in [6.07, 6.45) is 3.29. The summed E-state index contributed by atoms with van der Waals surface area (Å²) in [5.41, 5.74) is 0. The number of carbonyl (C=O) groups excluding carboxylic acids is 1. The standard InChI is InChI=1S/C21H32FN3O3.HI/c1-4-23-21(24-14-15(3)28-19-8-6-7-17(22)13-19)25-18-11-9-16(10-12-18)20(26)27-5-2;/h6-8,13,15-16,18H,4-5,9-12,14H2,1-3H3,(H2,23,24,25);1H. The fraction of sp³-hybridized carbons (Fsp3) is 0.619. The predicted octanol–water partition coefficient (Wildman–Crippen LogP) is 3.89. The molecule has 164 valence electrons. The van der Waals surface area contributed by atoms with Crippen molar-refractivity contribution in [1.82, 2.24) is 10.6 Å². The zero-order valence-electron chi connectivity index (χ0n) is 17.4. The highest BCUT2D eigenvalue weighted by atomic mass is 127. The van der Waals surface area contributed by atoms with Crippen LogP contribution in [0.15, 0.2) is 29.3 Å². The van der Waals surface area contributed by atoms with Crippen LogP contribution < -0.4 is 15.4 Å². The van der Waals surface area contributed by atoms with Gasteiger partial charge in [-0.05, 0) is 58.6 Å². The van der Waals surface area contributed by atoms with E-state index in [4.69, 9.17) is 9.47 Å². The Morgan fingerprint density at radius 3 is 2.62 bits per heavy atom. The summed E-state index contributed by atoms with van der Waals surface area (Å²) in [5.74, 6) is 0.846. The number of halogens is 2. The SMILES string of the molecule is CCNC(=NCC(C)Oc1cccc(F)c1)NC1CCC(C(=O)OCC)CC1.I. The van der Waals surface area contributed by atoms with E-state index >= 15 is 0 Å². The molecule has 2 rings (SSSR count). The van der Waals surface area contributed by atoms with Gasteiger partial charge in [-0.25, -0.2) is 9.38 Å². The van der Waals surface area contributed by atoms with Gasteiger partial charge in [-0.3, -0.25) is 4.79 Å². The Morgan fingerprint density at radius 1 is 1.28 bits per heavy atom. The van der Waals surface area contributed by atoms with Gasteiger partial charge in [0.15, 0.2) is 5.96 Å². The first-order valence-corrected chi connectivity index (χ1v) is 10.2. The van der Waals surface area contributed by atoms with Crippen molar-refractivity contribution in [1.29, 1.82) is 0 Å². The summed E-state index contributed by atoms with van der Waals surface area (Å²) >= 11 is 0. The molecule has 0 amide bonds. The van der Waals surface area contributed by atoms with Gasteiger partial charge >= 0.3 is 5.97 Å². The first-order chi connectivity index (χ1) is 13.5. The molecular formula is C21H33FIN3O3. The van der Waals surface area contributed by atoms with Gasteiger partial charge in [-0.2, -0.15) is 0 Å². The molecule has 0 spiro atoms. The molecule has 1 atom stereocenters. The van der Waals surface area contributed by atoms with E-state index in [0.717, 1.165) is 38.2 Å². The van der Waals surface area contributed by atoms with Gasteiger partial charge in [-0.15, -0.1) is 24.0 Å². The number of nitrogens with one attached hydrogen (secondary N) is 2. The Hall–Kier alpha value is -1.58. The average Bonchev–Trinajstić information content (AvgIpc) is 2.67. The van der Waals surface area contributed by atoms with Crippen LogP contribution in [0.2, 0.25) is 0 Å². The van der Waals surface area contributed by atoms with E-state index in [-0.39, 0.29) is 53.8 Å². The Bertz CT molecular complexity index is 652. The third kappa shape index (κ3) is 9.18. The number of hydrogen-bond donors (Lipinski definition) is 2. The first kappa shape index (κ1) is 25.5. The van der Waals surface area contributed by atoms with Gasteiger partial charge in [0, 0.05) is 18.7 Å². The molecule has 1 aromatic rings. The summed E-state index contributed by atoms with van der Waals surface area (Å²) in [7, 11) is 0. The number of carbonyl (C=O) groups is 1. The summed E-state index contributed by atoms with van der Waals surface area (Å²) in [5, 5.41) is 6.69. The van der Waals surface area contributed by atoms with Gasteiger partial charge < -0.3 is 20.1 Å². The second kappa shape index (κ2) is 13.6. The van der Waals surface area contributed by atoms with E-state index in [1.54, 1.807) is 12.1 Å². The van der Waals surface area contributed by atoms with Crippen molar-refractivity contribution in [3.63, 3.8) is 0 Å². The molecule has 1 aliphatic carbocycles. The maximum atomic E-state index is 13.3. The van der Waals surface area contributed by atoms with Crippen molar-refractivity contribution in [3.05, 3.63) is 30.1 Å². The predicted molar refractivity (Wildman–Crippen MR) is 123 cm³/mol. The number of esters is 1. The van der Waals surface area contributed by atoms with Gasteiger partial charge in [0.1, 0.15) is 17.7 Å². The average molecular weight is 521 g/mol. The van der Waals surface area contributed by atoms with Gasteiger partial charge in [-0.1, -0.05) is 6.07 Å². The van der Waals surface area contributed by atoms with Crippen molar-refractivity contribution < 1.29 is 18.7 Å². The quantitative estimate of drug-likeness (QED) is 0.235. The molecule has 6 nitrogen and oxygen atoms in total. The van der Waals surface area contributed by atoms with Crippen LogP contribution in [0.5, 0.6) is 5.75 Å². The van der Waals surface area contributed by atoms with Crippen LogP contribution >= 0.6 is 24.0 Å². The van der Waals surface area contributed by atoms with E-state index in [1.807, 2.05) is 20.8 Å². The van der Waals surface area contributed by atoms with E-state index in [2.05, 4.69) is 15.6 Å². The maximum absolute atomic E-state index is 13.3. The van der Waals surface area contributed by atoms with E-state index in [1.165, 1.54) is 12.1 Å². The Kier molecular flexibility index (Phi) is 11.9. The van der Waals surface area contributed by atoms with Crippen LogP contribution in [0.3, 0.4) is 0 Å². The lowest BCUT2D eigenvalue weighted by molar-refractivity contribution is -0.149. The molecule has 29 heavy (non-hydrogen) atoms. The third-order valence-electron chi connectivity index (χ3n) is 4.67. The third-order valence-corrected chi connectivity index (χ3v) is 4.67. The molecule has 1 unspecified atom stereocenters. The van der Waals surface area contributed by atoms with Crippen molar-refractivity contribution in [2.75, 3.05) is 19.7 Å². The highest BCUT2D eigenvalue weighted by Crippen LogP contribution is 2.25. The Morgan fingerprint density at radius 2 is 2.00 bits per heavy atom. The molecule has 0 aliphatic heterocycles. The lowest BCUT2D eigenvalue weighted by atomic mass is 9.86. The molecule has 2 N–H and O–H groups in total. The second-order valence-electron chi connectivity index (χ2n) is 7.05. The van der Waals surface area contributed by atoms with Crippen molar-refractivity contribution >= 4 is 35.9 Å². The van der Waals surface area contributed by atoms with Crippen molar-refractivity contribution in [3.8, 4) is 5.75 Å². The monoisotopic (exact) mass is 521 g/mol. The lowest BCUT2D eigenvalue weighted by Gasteiger charge is -2.29. The van der Waals surface area contributed by atoms with Crippen LogP contribution in [0.4, 0.5) is 4.39 Å². The van der Waals surface area contributed by atoms with Gasteiger partial charge in [0.05, 0.1) is 19.1 Å². The normalized spacial score (nSPS) is 20.2. The summed E-state index contributed by atoms with van der Waals surface area (Å²) in [4.78, 5) is 16.5. The van der Waals surface area contributed by atoms with Crippen LogP contribution in [0.25, 0.3) is 0 Å². The fourth-order valence-electron chi connectivity index (χ4n) is 3.28. The first-order valence-electron chi connectivity index (χ1n) is 10.2. The Balaban J connectivity index is 0.00000420. The van der Waals surface area contributed by atoms with Crippen LogP contribution in [-0.4, -0.2) is 43.8 Å². The van der Waals surface area contributed by atoms with Crippen molar-refractivity contribution in [2.24, 2.45) is 10.9 Å². The highest BCUT2D eigenvalue weighted by Gasteiger charge is 2.27. The van der Waals surface area contributed by atoms with Crippen LogP contribution in [0, 0.1) is 11.7 Å². The minimum absolute atomic E-state index is 0. The zero-order valence-corrected chi connectivity index (χ0v) is 19.8. The molecule has 0 aromatic heterocycles. The zero-order chi connectivity index (χ0) is 20.4. The van der Waals surface area contributed by atoms with Gasteiger partial charge in [0.2, 0.25) is 0 Å². The highest BCUT2D eigenvalue weighted by molar-refractivity contribution is 14.0. The maximum Gasteiger partial charge on any atom is 0.308 e. The number of benzene rings is 1. The van der Waals surface area contributed by atoms with E-state index in [9.17, 15) is 9.18 Å². The number of ether oxygens (including phenoxy) is 2. The topological polar surface area (TPSA) is 72.0 Å². The molecular weight excluding hydrogens is 488 g/mol. The minimum Gasteiger partial charge on any atom is -0.489 e. The lowest BCUT2D eigenvalue weighted by Crippen LogP contribution is -2.45. The molecule has 1 saturated carbocycles. The second-order valence-corrected chi connectivity index (χ2v) is 7.05. The summed E-state index contributed by atoms with van der Waals surface area (Å²) < 4.78 is 24.1. The van der Waals surface area contributed by atoms with Crippen LogP contribution in [0.1, 0.15) is 46.5 Å². The van der Waals surface area contributed by atoms with Gasteiger partial charge in [0.25, 0.3) is 0 Å². The number of aliphatic imine (C=N–C) groups is 1. The number of guanidine groups is 1. The molecule has 8 heteroatoms. The molecule has 0 radical (unpaired) electrons. The molecule has 1 aliphatic rings. The van der Waals surface area contributed by atoms with E-state index < -0.39 is 0 Å². The minimum atomic E-state index is -0.318. The molecule has 1 aromatic carbocycles.